The Morgan fingerprint density at radius 3 is 2.67 bits per heavy atom. The van der Waals surface area contributed by atoms with Gasteiger partial charge in [0.25, 0.3) is 0 Å². The van der Waals surface area contributed by atoms with E-state index in [9.17, 15) is 0 Å². The van der Waals surface area contributed by atoms with E-state index >= 15 is 0 Å². The van der Waals surface area contributed by atoms with Crippen LogP contribution in [0.4, 0.5) is 0 Å². The van der Waals surface area contributed by atoms with Gasteiger partial charge in [0.1, 0.15) is 5.76 Å². The van der Waals surface area contributed by atoms with E-state index in [4.69, 9.17) is 9.57 Å². The van der Waals surface area contributed by atoms with Crippen molar-refractivity contribution in [2.75, 3.05) is 6.61 Å². The van der Waals surface area contributed by atoms with Gasteiger partial charge in [-0.1, -0.05) is 45.9 Å². The zero-order chi connectivity index (χ0) is 22.0. The molecule has 0 aromatic carbocycles. The number of hydrogen-bond donors (Lipinski definition) is 1. The van der Waals surface area contributed by atoms with E-state index in [1.165, 1.54) is 0 Å². The molecule has 0 aliphatic carbocycles. The maximum Gasteiger partial charge on any atom is 0.226 e. The number of pyridine rings is 1. The zero-order valence-corrected chi connectivity index (χ0v) is 18.8. The maximum absolute atomic E-state index is 5.95. The number of ether oxygens (including phenoxy) is 1. The van der Waals surface area contributed by atoms with Crippen molar-refractivity contribution in [1.82, 2.24) is 15.4 Å². The first-order chi connectivity index (χ1) is 14.4. The van der Waals surface area contributed by atoms with Gasteiger partial charge in [-0.05, 0) is 56.5 Å². The lowest BCUT2D eigenvalue weighted by molar-refractivity contribution is -0.0128. The SMILES string of the molecule is C=Cc1cccnc1OC1=CN(/C=C(\C)CONC(C)(CCC)CCC)C(=C)C=C1. The fourth-order valence-electron chi connectivity index (χ4n) is 3.39. The van der Waals surface area contributed by atoms with E-state index in [0.717, 1.165) is 42.5 Å². The van der Waals surface area contributed by atoms with Crippen LogP contribution in [0.2, 0.25) is 0 Å². The van der Waals surface area contributed by atoms with Crippen molar-refractivity contribution < 1.29 is 9.57 Å². The topological polar surface area (TPSA) is 46.6 Å². The number of rotatable bonds is 12. The molecule has 0 fully saturated rings. The Hall–Kier alpha value is -2.63. The number of aromatic nitrogens is 1. The summed E-state index contributed by atoms with van der Waals surface area (Å²) in [5, 5.41) is 0. The summed E-state index contributed by atoms with van der Waals surface area (Å²) in [7, 11) is 0. The fraction of sp³-hybridized carbons (Fsp3) is 0.400. The Kier molecular flexibility index (Phi) is 9.09. The molecule has 1 aliphatic heterocycles. The average molecular weight is 410 g/mol. The smallest absolute Gasteiger partial charge is 0.226 e. The van der Waals surface area contributed by atoms with Crippen molar-refractivity contribution in [2.45, 2.75) is 58.9 Å². The molecule has 30 heavy (non-hydrogen) atoms. The van der Waals surface area contributed by atoms with Crippen LogP contribution in [-0.4, -0.2) is 22.0 Å². The second-order valence-corrected chi connectivity index (χ2v) is 7.89. The van der Waals surface area contributed by atoms with E-state index in [0.29, 0.717) is 18.2 Å². The largest absolute Gasteiger partial charge is 0.437 e. The fourth-order valence-corrected chi connectivity index (χ4v) is 3.39. The molecule has 2 rings (SSSR count). The van der Waals surface area contributed by atoms with Crippen molar-refractivity contribution in [3.8, 4) is 5.88 Å². The van der Waals surface area contributed by atoms with Gasteiger partial charge in [-0.15, -0.1) is 0 Å². The van der Waals surface area contributed by atoms with Gasteiger partial charge in [-0.2, -0.15) is 5.48 Å². The molecule has 0 saturated heterocycles. The van der Waals surface area contributed by atoms with Crippen LogP contribution in [-0.2, 0) is 4.84 Å². The summed E-state index contributed by atoms with van der Waals surface area (Å²) in [5.41, 5.74) is 6.04. The van der Waals surface area contributed by atoms with Crippen LogP contribution in [0.1, 0.15) is 58.9 Å². The van der Waals surface area contributed by atoms with Gasteiger partial charge in [-0.3, -0.25) is 4.84 Å². The summed E-state index contributed by atoms with van der Waals surface area (Å²) in [4.78, 5) is 12.1. The molecule has 0 spiro atoms. The molecule has 1 aromatic heterocycles. The molecule has 0 atom stereocenters. The highest BCUT2D eigenvalue weighted by Gasteiger charge is 2.22. The Bertz CT molecular complexity index is 817. The number of nitrogens with zero attached hydrogens (tertiary/aromatic N) is 2. The van der Waals surface area contributed by atoms with Gasteiger partial charge in [0.15, 0.2) is 0 Å². The zero-order valence-electron chi connectivity index (χ0n) is 18.8. The summed E-state index contributed by atoms with van der Waals surface area (Å²) in [5.74, 6) is 1.20. The van der Waals surface area contributed by atoms with Crippen molar-refractivity contribution in [3.05, 3.63) is 78.6 Å². The average Bonchev–Trinajstić information content (AvgIpc) is 2.71. The molecule has 0 saturated carbocycles. The number of nitrogens with one attached hydrogen (secondary N) is 1. The van der Waals surface area contributed by atoms with Gasteiger partial charge in [0, 0.05) is 29.2 Å². The molecular formula is C25H35N3O2. The second kappa shape index (κ2) is 11.5. The van der Waals surface area contributed by atoms with Crippen LogP contribution in [0.5, 0.6) is 5.88 Å². The predicted octanol–water partition coefficient (Wildman–Crippen LogP) is 6.11. The molecular weight excluding hydrogens is 374 g/mol. The first-order valence-electron chi connectivity index (χ1n) is 10.6. The molecule has 162 valence electrons. The van der Waals surface area contributed by atoms with Crippen molar-refractivity contribution >= 4 is 6.08 Å². The van der Waals surface area contributed by atoms with E-state index in [1.807, 2.05) is 48.5 Å². The summed E-state index contributed by atoms with van der Waals surface area (Å²) >= 11 is 0. The third kappa shape index (κ3) is 7.01. The van der Waals surface area contributed by atoms with Crippen LogP contribution in [0.15, 0.2) is 73.1 Å². The van der Waals surface area contributed by atoms with Crippen molar-refractivity contribution in [1.29, 1.82) is 0 Å². The quantitative estimate of drug-likeness (QED) is 0.422. The first kappa shape index (κ1) is 23.6. The van der Waals surface area contributed by atoms with Crippen LogP contribution in [0.3, 0.4) is 0 Å². The highest BCUT2D eigenvalue weighted by atomic mass is 16.6. The monoisotopic (exact) mass is 409 g/mol. The van der Waals surface area contributed by atoms with Gasteiger partial charge in [0.2, 0.25) is 5.88 Å². The third-order valence-electron chi connectivity index (χ3n) is 4.85. The molecule has 0 radical (unpaired) electrons. The van der Waals surface area contributed by atoms with Gasteiger partial charge >= 0.3 is 0 Å². The molecule has 0 bridgehead atoms. The lowest BCUT2D eigenvalue weighted by Crippen LogP contribution is -2.42. The van der Waals surface area contributed by atoms with Gasteiger partial charge in [-0.25, -0.2) is 4.98 Å². The van der Waals surface area contributed by atoms with Crippen molar-refractivity contribution in [2.24, 2.45) is 0 Å². The molecule has 1 N–H and O–H groups in total. The minimum absolute atomic E-state index is 0.00763. The summed E-state index contributed by atoms with van der Waals surface area (Å²) in [6, 6.07) is 3.77. The Labute approximate surface area is 181 Å². The van der Waals surface area contributed by atoms with Crippen molar-refractivity contribution in [3.63, 3.8) is 0 Å². The molecule has 2 heterocycles. The summed E-state index contributed by atoms with van der Waals surface area (Å²) in [6.07, 6.45) is 15.5. The van der Waals surface area contributed by atoms with E-state index < -0.39 is 0 Å². The van der Waals surface area contributed by atoms with E-state index in [1.54, 1.807) is 12.3 Å². The minimum atomic E-state index is 0.00763. The molecule has 0 unspecified atom stereocenters. The third-order valence-corrected chi connectivity index (χ3v) is 4.85. The van der Waals surface area contributed by atoms with Crippen LogP contribution in [0.25, 0.3) is 6.08 Å². The minimum Gasteiger partial charge on any atom is -0.437 e. The van der Waals surface area contributed by atoms with Crippen LogP contribution >= 0.6 is 0 Å². The predicted molar refractivity (Wildman–Crippen MR) is 124 cm³/mol. The number of hydroxylamine groups is 1. The second-order valence-electron chi connectivity index (χ2n) is 7.89. The van der Waals surface area contributed by atoms with E-state index in [2.05, 4.69) is 44.4 Å². The Balaban J connectivity index is 2.01. The molecule has 1 aliphatic rings. The molecule has 0 amide bonds. The van der Waals surface area contributed by atoms with Gasteiger partial charge < -0.3 is 9.64 Å². The normalized spacial score (nSPS) is 14.7. The van der Waals surface area contributed by atoms with Gasteiger partial charge in [0.05, 0.1) is 12.8 Å². The molecule has 5 heteroatoms. The molecule has 1 aromatic rings. The lowest BCUT2D eigenvalue weighted by Gasteiger charge is -2.30. The number of allylic oxidation sites excluding steroid dienone is 2. The highest BCUT2D eigenvalue weighted by molar-refractivity contribution is 5.53. The number of hydrogen-bond acceptors (Lipinski definition) is 5. The van der Waals surface area contributed by atoms with Crippen LogP contribution < -0.4 is 10.2 Å². The lowest BCUT2D eigenvalue weighted by atomic mass is 9.92. The summed E-state index contributed by atoms with van der Waals surface area (Å²) in [6.45, 7) is 17.0. The van der Waals surface area contributed by atoms with E-state index in [-0.39, 0.29) is 5.54 Å². The Morgan fingerprint density at radius 2 is 2.00 bits per heavy atom. The standard InChI is InChI=1S/C25H35N3O2/c1-7-14-25(6,15-8-2)27-29-19-20(4)17-28-18-23(13-12-21(28)5)30-24-22(9-3)11-10-16-26-24/h9-13,16-18,27H,3,5,7-8,14-15,19H2,1-2,4,6H3/b20-17+. The summed E-state index contributed by atoms with van der Waals surface area (Å²) < 4.78 is 5.95. The van der Waals surface area contributed by atoms with Crippen LogP contribution in [0, 0.1) is 0 Å². The molecule has 5 nitrogen and oxygen atoms in total. The Morgan fingerprint density at radius 1 is 1.27 bits per heavy atom. The highest BCUT2D eigenvalue weighted by Crippen LogP contribution is 2.23. The maximum atomic E-state index is 5.95. The first-order valence-corrected chi connectivity index (χ1v) is 10.6.